The Bertz CT molecular complexity index is 632. The molecule has 0 radical (unpaired) electrons. The van der Waals surface area contributed by atoms with Gasteiger partial charge in [-0.15, -0.1) is 0 Å². The average molecular weight is 285 g/mol. The van der Waals surface area contributed by atoms with Crippen LogP contribution in [0.25, 0.3) is 5.57 Å². The van der Waals surface area contributed by atoms with Crippen molar-refractivity contribution in [3.05, 3.63) is 53.3 Å². The summed E-state index contributed by atoms with van der Waals surface area (Å²) in [5.74, 6) is 2.08. The number of rotatable bonds is 4. The van der Waals surface area contributed by atoms with Gasteiger partial charge < -0.3 is 19.6 Å². The van der Waals surface area contributed by atoms with E-state index in [1.165, 1.54) is 0 Å². The highest BCUT2D eigenvalue weighted by atomic mass is 16.5. The topological polar surface area (TPSA) is 51.5 Å². The normalized spacial score (nSPS) is 16.4. The number of nitrogens with one attached hydrogen (secondary N) is 1. The summed E-state index contributed by atoms with van der Waals surface area (Å²) < 4.78 is 16.0. The van der Waals surface area contributed by atoms with Crippen LogP contribution < -0.4 is 9.47 Å². The lowest BCUT2D eigenvalue weighted by Crippen LogP contribution is -2.07. The fourth-order valence-electron chi connectivity index (χ4n) is 2.19. The van der Waals surface area contributed by atoms with Crippen LogP contribution in [-0.2, 0) is 4.74 Å². The number of allylic oxidation sites excluding steroid dienone is 5. The predicted molar refractivity (Wildman–Crippen MR) is 84.1 cm³/mol. The van der Waals surface area contributed by atoms with Gasteiger partial charge in [0, 0.05) is 17.7 Å². The monoisotopic (exact) mass is 285 g/mol. The first kappa shape index (κ1) is 14.9. The smallest absolute Gasteiger partial charge is 0.128 e. The van der Waals surface area contributed by atoms with Gasteiger partial charge in [0.15, 0.2) is 0 Å². The van der Waals surface area contributed by atoms with Crippen molar-refractivity contribution in [2.24, 2.45) is 0 Å². The first-order chi connectivity index (χ1) is 10.1. The Labute approximate surface area is 124 Å². The zero-order chi connectivity index (χ0) is 15.4. The molecule has 0 bridgehead atoms. The van der Waals surface area contributed by atoms with Gasteiger partial charge in [0.25, 0.3) is 0 Å². The zero-order valence-corrected chi connectivity index (χ0v) is 12.7. The molecule has 0 spiro atoms. The summed E-state index contributed by atoms with van der Waals surface area (Å²) in [5, 5.41) is 7.97. The maximum atomic E-state index is 7.97. The summed E-state index contributed by atoms with van der Waals surface area (Å²) in [6.45, 7) is 1.91. The molecule has 0 saturated heterocycles. The lowest BCUT2D eigenvalue weighted by Gasteiger charge is -2.18. The van der Waals surface area contributed by atoms with Crippen molar-refractivity contribution in [3.63, 3.8) is 0 Å². The van der Waals surface area contributed by atoms with E-state index in [1.807, 2.05) is 37.3 Å². The van der Waals surface area contributed by atoms with Crippen LogP contribution in [0.15, 0.2) is 47.8 Å². The highest BCUT2D eigenvalue weighted by molar-refractivity contribution is 6.13. The Hall–Kier alpha value is -2.49. The van der Waals surface area contributed by atoms with Gasteiger partial charge in [-0.05, 0) is 36.3 Å². The first-order valence-corrected chi connectivity index (χ1v) is 6.59. The minimum Gasteiger partial charge on any atom is -0.497 e. The fourth-order valence-corrected chi connectivity index (χ4v) is 2.19. The van der Waals surface area contributed by atoms with E-state index in [2.05, 4.69) is 0 Å². The van der Waals surface area contributed by atoms with Crippen LogP contribution in [-0.4, -0.2) is 27.0 Å². The van der Waals surface area contributed by atoms with Gasteiger partial charge in [0.1, 0.15) is 17.3 Å². The maximum absolute atomic E-state index is 7.97. The molecule has 0 fully saturated rings. The van der Waals surface area contributed by atoms with Crippen LogP contribution in [0.5, 0.6) is 11.5 Å². The van der Waals surface area contributed by atoms with Crippen LogP contribution in [0.4, 0.5) is 0 Å². The van der Waals surface area contributed by atoms with Crippen molar-refractivity contribution in [3.8, 4) is 11.5 Å². The van der Waals surface area contributed by atoms with Gasteiger partial charge in [0.2, 0.25) is 0 Å². The number of hydrogen-bond acceptors (Lipinski definition) is 4. The van der Waals surface area contributed by atoms with E-state index in [-0.39, 0.29) is 0 Å². The molecular formula is C17H19NO3. The summed E-state index contributed by atoms with van der Waals surface area (Å²) in [4.78, 5) is 0. The molecule has 4 nitrogen and oxygen atoms in total. The van der Waals surface area contributed by atoms with Gasteiger partial charge in [-0.3, -0.25) is 0 Å². The lowest BCUT2D eigenvalue weighted by molar-refractivity contribution is 0.311. The average Bonchev–Trinajstić information content (AvgIpc) is 2.53. The molecule has 0 aliphatic heterocycles. The van der Waals surface area contributed by atoms with E-state index in [9.17, 15) is 0 Å². The summed E-state index contributed by atoms with van der Waals surface area (Å²) in [7, 11) is 4.84. The molecule has 4 heteroatoms. The Morgan fingerprint density at radius 1 is 0.905 bits per heavy atom. The molecule has 21 heavy (non-hydrogen) atoms. The summed E-state index contributed by atoms with van der Waals surface area (Å²) in [5.41, 5.74) is 3.12. The number of methoxy groups -OCH3 is 3. The Kier molecular flexibility index (Phi) is 4.48. The lowest BCUT2D eigenvalue weighted by atomic mass is 9.93. The maximum Gasteiger partial charge on any atom is 0.128 e. The standard InChI is InChI=1S/C17H19NO3/c1-5-11-8-15(17(21-4)10-16(11)18)12-6-13(19-2)9-14(7-12)20-3/h5-10,18H,1-4H3/b11-5-,18-16?. The van der Waals surface area contributed by atoms with Gasteiger partial charge in [-0.1, -0.05) is 6.08 Å². The largest absolute Gasteiger partial charge is 0.497 e. The number of benzene rings is 1. The Balaban J connectivity index is 2.57. The molecule has 2 rings (SSSR count). The number of hydrogen-bond donors (Lipinski definition) is 1. The molecule has 0 aromatic heterocycles. The second-order valence-corrected chi connectivity index (χ2v) is 4.53. The van der Waals surface area contributed by atoms with E-state index < -0.39 is 0 Å². The van der Waals surface area contributed by atoms with E-state index in [1.54, 1.807) is 27.4 Å². The number of ether oxygens (including phenoxy) is 3. The second-order valence-electron chi connectivity index (χ2n) is 4.53. The highest BCUT2D eigenvalue weighted by Gasteiger charge is 2.18. The van der Waals surface area contributed by atoms with Crippen LogP contribution >= 0.6 is 0 Å². The van der Waals surface area contributed by atoms with Crippen molar-refractivity contribution in [1.29, 1.82) is 5.41 Å². The Morgan fingerprint density at radius 3 is 2.00 bits per heavy atom. The highest BCUT2D eigenvalue weighted by Crippen LogP contribution is 2.34. The summed E-state index contributed by atoms with van der Waals surface area (Å²) in [6, 6.07) is 5.66. The van der Waals surface area contributed by atoms with E-state index >= 15 is 0 Å². The van der Waals surface area contributed by atoms with E-state index in [0.717, 1.165) is 16.7 Å². The van der Waals surface area contributed by atoms with Crippen molar-refractivity contribution >= 4 is 11.3 Å². The molecule has 1 aliphatic rings. The van der Waals surface area contributed by atoms with Gasteiger partial charge in [-0.2, -0.15) is 0 Å². The summed E-state index contributed by atoms with van der Waals surface area (Å²) in [6.07, 6.45) is 5.56. The van der Waals surface area contributed by atoms with Crippen LogP contribution in [0.1, 0.15) is 12.5 Å². The van der Waals surface area contributed by atoms with E-state index in [4.69, 9.17) is 19.6 Å². The molecule has 1 N–H and O–H groups in total. The SMILES string of the molecule is C/C=C1/C=C(c2cc(OC)cc(OC)c2)C(OC)=CC1=N. The fraction of sp³-hybridized carbons (Fsp3) is 0.235. The molecule has 1 aromatic carbocycles. The molecule has 0 saturated carbocycles. The molecule has 0 amide bonds. The molecule has 1 aliphatic carbocycles. The Morgan fingerprint density at radius 2 is 1.52 bits per heavy atom. The third-order valence-electron chi connectivity index (χ3n) is 3.35. The van der Waals surface area contributed by atoms with Crippen molar-refractivity contribution < 1.29 is 14.2 Å². The summed E-state index contributed by atoms with van der Waals surface area (Å²) >= 11 is 0. The molecule has 1 aromatic rings. The zero-order valence-electron chi connectivity index (χ0n) is 12.7. The van der Waals surface area contributed by atoms with Gasteiger partial charge in [-0.25, -0.2) is 0 Å². The van der Waals surface area contributed by atoms with Crippen LogP contribution in [0, 0.1) is 5.41 Å². The van der Waals surface area contributed by atoms with Crippen LogP contribution in [0.3, 0.4) is 0 Å². The predicted octanol–water partition coefficient (Wildman–Crippen LogP) is 3.60. The van der Waals surface area contributed by atoms with Crippen molar-refractivity contribution in [1.82, 2.24) is 0 Å². The van der Waals surface area contributed by atoms with Crippen molar-refractivity contribution in [2.45, 2.75) is 6.92 Å². The third-order valence-corrected chi connectivity index (χ3v) is 3.35. The minimum atomic E-state index is 0.438. The molecule has 0 unspecified atom stereocenters. The second kappa shape index (κ2) is 6.31. The molecule has 0 atom stereocenters. The first-order valence-electron chi connectivity index (χ1n) is 6.59. The minimum absolute atomic E-state index is 0.438. The van der Waals surface area contributed by atoms with Gasteiger partial charge >= 0.3 is 0 Å². The van der Waals surface area contributed by atoms with Crippen molar-refractivity contribution in [2.75, 3.05) is 21.3 Å². The molecule has 110 valence electrons. The van der Waals surface area contributed by atoms with Crippen LogP contribution in [0.2, 0.25) is 0 Å². The van der Waals surface area contributed by atoms with Gasteiger partial charge in [0.05, 0.1) is 27.0 Å². The third kappa shape index (κ3) is 2.99. The molecule has 0 heterocycles. The van der Waals surface area contributed by atoms with E-state index in [0.29, 0.717) is 23.0 Å². The molecular weight excluding hydrogens is 266 g/mol. The quantitative estimate of drug-likeness (QED) is 0.919.